The summed E-state index contributed by atoms with van der Waals surface area (Å²) in [5.74, 6) is -2.81. The number of carbonyl (C=O) groups is 2. The van der Waals surface area contributed by atoms with Crippen molar-refractivity contribution in [1.82, 2.24) is 4.98 Å². The van der Waals surface area contributed by atoms with Gasteiger partial charge in [-0.25, -0.2) is 18.3 Å². The van der Waals surface area contributed by atoms with Gasteiger partial charge < -0.3 is 0 Å². The maximum absolute atomic E-state index is 14.2. The number of sulfonamides is 1. The first-order valence-corrected chi connectivity index (χ1v) is 11.7. The topological polar surface area (TPSA) is 96.4 Å². The van der Waals surface area contributed by atoms with E-state index in [0.717, 1.165) is 5.56 Å². The van der Waals surface area contributed by atoms with Crippen molar-refractivity contribution < 1.29 is 22.4 Å². The maximum Gasteiger partial charge on any atom is 0.268 e. The van der Waals surface area contributed by atoms with E-state index in [4.69, 9.17) is 11.6 Å². The molecule has 0 bridgehead atoms. The summed E-state index contributed by atoms with van der Waals surface area (Å²) in [6.07, 6.45) is 1.18. The quantitative estimate of drug-likeness (QED) is 0.422. The van der Waals surface area contributed by atoms with Crippen LogP contribution in [0, 0.1) is 5.95 Å². The molecule has 170 valence electrons. The maximum atomic E-state index is 14.2. The van der Waals surface area contributed by atoms with Crippen LogP contribution >= 0.6 is 11.6 Å². The molecule has 0 spiro atoms. The third kappa shape index (κ3) is 3.98. The number of hydrogen-bond acceptors (Lipinski definition) is 5. The van der Waals surface area contributed by atoms with Crippen LogP contribution in [0.15, 0.2) is 59.6 Å². The molecule has 0 radical (unpaired) electrons. The fourth-order valence-corrected chi connectivity index (χ4v) is 4.82. The van der Waals surface area contributed by atoms with Gasteiger partial charge in [0.25, 0.3) is 21.8 Å². The second-order valence-electron chi connectivity index (χ2n) is 8.48. The molecule has 0 fully saturated rings. The third-order valence-corrected chi connectivity index (χ3v) is 6.94. The lowest BCUT2D eigenvalue weighted by Gasteiger charge is -2.19. The Morgan fingerprint density at radius 1 is 0.970 bits per heavy atom. The number of imide groups is 1. The molecule has 0 unspecified atom stereocenters. The Labute approximate surface area is 195 Å². The largest absolute Gasteiger partial charge is 0.279 e. The number of anilines is 2. The molecule has 1 aliphatic rings. The van der Waals surface area contributed by atoms with Crippen molar-refractivity contribution in [3.8, 4) is 0 Å². The van der Waals surface area contributed by atoms with Crippen LogP contribution in [-0.4, -0.2) is 25.2 Å². The van der Waals surface area contributed by atoms with E-state index in [0.29, 0.717) is 4.90 Å². The summed E-state index contributed by atoms with van der Waals surface area (Å²) in [7, 11) is -4.10. The first-order valence-electron chi connectivity index (χ1n) is 9.87. The van der Waals surface area contributed by atoms with E-state index in [9.17, 15) is 22.4 Å². The van der Waals surface area contributed by atoms with E-state index in [2.05, 4.69) is 9.71 Å². The molecule has 1 N–H and O–H groups in total. The van der Waals surface area contributed by atoms with Crippen molar-refractivity contribution in [2.24, 2.45) is 0 Å². The summed E-state index contributed by atoms with van der Waals surface area (Å²) in [6.45, 7) is 6.02. The Balaban J connectivity index is 1.75. The molecule has 0 saturated heterocycles. The van der Waals surface area contributed by atoms with Gasteiger partial charge in [0.2, 0.25) is 5.95 Å². The second-order valence-corrected chi connectivity index (χ2v) is 10.6. The third-order valence-electron chi connectivity index (χ3n) is 5.24. The normalized spacial score (nSPS) is 13.9. The summed E-state index contributed by atoms with van der Waals surface area (Å²) in [4.78, 5) is 30.1. The van der Waals surface area contributed by atoms with Gasteiger partial charge in [-0.15, -0.1) is 0 Å². The highest BCUT2D eigenvalue weighted by atomic mass is 35.5. The molecule has 1 aromatic heterocycles. The number of halogens is 2. The van der Waals surface area contributed by atoms with E-state index in [1.807, 2.05) is 20.8 Å². The summed E-state index contributed by atoms with van der Waals surface area (Å²) >= 11 is 6.16. The van der Waals surface area contributed by atoms with Gasteiger partial charge in [-0.3, -0.25) is 14.3 Å². The van der Waals surface area contributed by atoms with Gasteiger partial charge in [0.1, 0.15) is 5.69 Å². The lowest BCUT2D eigenvalue weighted by molar-refractivity contribution is 0.0925. The van der Waals surface area contributed by atoms with E-state index >= 15 is 0 Å². The van der Waals surface area contributed by atoms with Crippen LogP contribution in [0.2, 0.25) is 5.02 Å². The van der Waals surface area contributed by atoms with Gasteiger partial charge in [-0.1, -0.05) is 44.5 Å². The van der Waals surface area contributed by atoms with Crippen LogP contribution in [-0.2, 0) is 15.4 Å². The van der Waals surface area contributed by atoms with Gasteiger partial charge in [0, 0.05) is 6.20 Å². The van der Waals surface area contributed by atoms with Crippen LogP contribution in [0.25, 0.3) is 0 Å². The standard InChI is InChI=1S/C23H19ClFN3O4S/c1-23(2,3)13-6-8-14(9-7-13)33(31,32)27-16-11-10-15(24)18-19(16)22(30)28(21(18)29)17-5-4-12-26-20(17)25/h4-12,27H,1-3H3. The Bertz CT molecular complexity index is 1400. The van der Waals surface area contributed by atoms with Gasteiger partial charge in [-0.2, -0.15) is 4.39 Å². The van der Waals surface area contributed by atoms with Gasteiger partial charge in [-0.05, 0) is 47.4 Å². The van der Waals surface area contributed by atoms with Crippen LogP contribution in [0.3, 0.4) is 0 Å². The van der Waals surface area contributed by atoms with Crippen molar-refractivity contribution in [3.63, 3.8) is 0 Å². The summed E-state index contributed by atoms with van der Waals surface area (Å²) in [6, 6.07) is 11.5. The number of fused-ring (bicyclic) bond motifs is 1. The lowest BCUT2D eigenvalue weighted by atomic mass is 9.87. The molecule has 3 aromatic rings. The minimum Gasteiger partial charge on any atom is -0.279 e. The Kier molecular flexibility index (Phi) is 5.50. The molecular formula is C23H19ClFN3O4S. The van der Waals surface area contributed by atoms with Crippen molar-refractivity contribution in [2.45, 2.75) is 31.1 Å². The second kappa shape index (κ2) is 7.93. The zero-order valence-corrected chi connectivity index (χ0v) is 19.5. The van der Waals surface area contributed by atoms with Crippen LogP contribution in [0.4, 0.5) is 15.8 Å². The number of benzene rings is 2. The van der Waals surface area contributed by atoms with Crippen LogP contribution < -0.4 is 9.62 Å². The molecule has 2 heterocycles. The molecule has 10 heteroatoms. The number of rotatable bonds is 4. The smallest absolute Gasteiger partial charge is 0.268 e. The molecule has 0 aliphatic carbocycles. The predicted octanol–water partition coefficient (Wildman–Crippen LogP) is 4.77. The van der Waals surface area contributed by atoms with Crippen molar-refractivity contribution in [1.29, 1.82) is 0 Å². The SMILES string of the molecule is CC(C)(C)c1ccc(S(=O)(=O)Nc2ccc(Cl)c3c2C(=O)N(c2cccnc2F)C3=O)cc1. The molecule has 2 amide bonds. The molecule has 7 nitrogen and oxygen atoms in total. The first-order chi connectivity index (χ1) is 15.4. The molecule has 0 atom stereocenters. The summed E-state index contributed by atoms with van der Waals surface area (Å²) in [5, 5.41) is -0.0624. The molecule has 0 saturated carbocycles. The highest BCUT2D eigenvalue weighted by molar-refractivity contribution is 7.92. The molecular weight excluding hydrogens is 469 g/mol. The minimum absolute atomic E-state index is 0.0221. The molecule has 4 rings (SSSR count). The number of pyridine rings is 1. The Hall–Kier alpha value is -3.30. The van der Waals surface area contributed by atoms with Gasteiger partial charge in [0.05, 0.1) is 26.7 Å². The fraction of sp³-hybridized carbons (Fsp3) is 0.174. The van der Waals surface area contributed by atoms with Crippen molar-refractivity contribution in [3.05, 3.63) is 82.4 Å². The van der Waals surface area contributed by atoms with E-state index in [1.165, 1.54) is 42.6 Å². The average molecular weight is 488 g/mol. The number of amides is 2. The minimum atomic E-state index is -4.10. The number of nitrogens with one attached hydrogen (secondary N) is 1. The van der Waals surface area contributed by atoms with Gasteiger partial charge >= 0.3 is 0 Å². The van der Waals surface area contributed by atoms with E-state index in [1.54, 1.807) is 12.1 Å². The molecule has 33 heavy (non-hydrogen) atoms. The fourth-order valence-electron chi connectivity index (χ4n) is 3.51. The molecule has 2 aromatic carbocycles. The van der Waals surface area contributed by atoms with Crippen molar-refractivity contribution in [2.75, 3.05) is 9.62 Å². The number of aromatic nitrogens is 1. The average Bonchev–Trinajstić information content (AvgIpc) is 3.01. The van der Waals surface area contributed by atoms with Gasteiger partial charge in [0.15, 0.2) is 0 Å². The summed E-state index contributed by atoms with van der Waals surface area (Å²) in [5.41, 5.74) is -0.182. The van der Waals surface area contributed by atoms with Crippen LogP contribution in [0.5, 0.6) is 0 Å². The Morgan fingerprint density at radius 2 is 1.61 bits per heavy atom. The summed E-state index contributed by atoms with van der Waals surface area (Å²) < 4.78 is 42.6. The van der Waals surface area contributed by atoms with E-state index in [-0.39, 0.29) is 37.8 Å². The van der Waals surface area contributed by atoms with E-state index < -0.39 is 27.8 Å². The highest BCUT2D eigenvalue weighted by Gasteiger charge is 2.42. The van der Waals surface area contributed by atoms with Crippen LogP contribution in [0.1, 0.15) is 47.1 Å². The number of hydrogen-bond donors (Lipinski definition) is 1. The van der Waals surface area contributed by atoms with Crippen molar-refractivity contribution >= 4 is 44.8 Å². The Morgan fingerprint density at radius 3 is 2.21 bits per heavy atom. The number of nitrogens with zero attached hydrogens (tertiary/aromatic N) is 2. The predicted molar refractivity (Wildman–Crippen MR) is 123 cm³/mol. The number of carbonyl (C=O) groups excluding carboxylic acids is 2. The monoisotopic (exact) mass is 487 g/mol. The molecule has 1 aliphatic heterocycles. The zero-order chi connectivity index (χ0) is 24.1. The highest BCUT2D eigenvalue weighted by Crippen LogP contribution is 2.38. The zero-order valence-electron chi connectivity index (χ0n) is 17.9. The lowest BCUT2D eigenvalue weighted by Crippen LogP contribution is -2.30. The first kappa shape index (κ1) is 22.9.